The van der Waals surface area contributed by atoms with Gasteiger partial charge in [0.2, 0.25) is 5.89 Å². The minimum absolute atomic E-state index is 0.254. The summed E-state index contributed by atoms with van der Waals surface area (Å²) in [5, 5.41) is 8.93. The average molecular weight is 379 g/mol. The lowest BCUT2D eigenvalue weighted by Crippen LogP contribution is -2.10. The van der Waals surface area contributed by atoms with Crippen molar-refractivity contribution in [1.29, 1.82) is 0 Å². The molecule has 0 unspecified atom stereocenters. The maximum atomic E-state index is 12.2. The van der Waals surface area contributed by atoms with Crippen molar-refractivity contribution in [2.45, 2.75) is 25.9 Å². The van der Waals surface area contributed by atoms with Crippen molar-refractivity contribution in [1.82, 2.24) is 15.2 Å². The fourth-order valence-corrected chi connectivity index (χ4v) is 3.61. The van der Waals surface area contributed by atoms with E-state index in [0.717, 1.165) is 20.8 Å². The van der Waals surface area contributed by atoms with Gasteiger partial charge in [0.15, 0.2) is 6.10 Å². The van der Waals surface area contributed by atoms with E-state index in [4.69, 9.17) is 9.15 Å². The van der Waals surface area contributed by atoms with Crippen LogP contribution in [0.1, 0.15) is 30.3 Å². The van der Waals surface area contributed by atoms with Crippen molar-refractivity contribution < 1.29 is 13.9 Å². The van der Waals surface area contributed by atoms with Gasteiger partial charge >= 0.3 is 5.97 Å². The Balaban J connectivity index is 1.34. The molecule has 6 nitrogen and oxygen atoms in total. The van der Waals surface area contributed by atoms with Gasteiger partial charge in [-0.05, 0) is 31.2 Å². The zero-order valence-corrected chi connectivity index (χ0v) is 15.5. The molecule has 1 atom stereocenters. The fourth-order valence-electron chi connectivity index (χ4n) is 2.64. The first kappa shape index (κ1) is 17.4. The number of aryl methyl sites for hydroxylation is 1. The van der Waals surface area contributed by atoms with E-state index in [1.165, 1.54) is 0 Å². The van der Waals surface area contributed by atoms with Crippen LogP contribution in [0.15, 0.2) is 59.0 Å². The van der Waals surface area contributed by atoms with Gasteiger partial charge in [-0.25, -0.2) is 4.98 Å². The molecule has 0 bridgehead atoms. The number of para-hydroxylation sites is 1. The molecule has 0 saturated heterocycles. The number of fused-ring (bicyclic) bond motifs is 1. The van der Waals surface area contributed by atoms with Crippen molar-refractivity contribution in [3.63, 3.8) is 0 Å². The molecule has 2 aromatic heterocycles. The van der Waals surface area contributed by atoms with Crippen LogP contribution in [-0.2, 0) is 16.0 Å². The molecule has 7 heteroatoms. The number of benzene rings is 2. The summed E-state index contributed by atoms with van der Waals surface area (Å²) in [4.78, 5) is 16.7. The second-order valence-electron chi connectivity index (χ2n) is 6.02. The van der Waals surface area contributed by atoms with Crippen LogP contribution in [0, 0.1) is 0 Å². The van der Waals surface area contributed by atoms with Crippen molar-refractivity contribution in [3.05, 3.63) is 65.5 Å². The lowest BCUT2D eigenvalue weighted by Gasteiger charge is -2.08. The van der Waals surface area contributed by atoms with Crippen LogP contribution < -0.4 is 0 Å². The maximum Gasteiger partial charge on any atom is 0.306 e. The minimum Gasteiger partial charge on any atom is -0.453 e. The number of carbonyl (C=O) groups excluding carboxylic acids is 1. The first-order valence-corrected chi connectivity index (χ1v) is 9.43. The van der Waals surface area contributed by atoms with Crippen molar-refractivity contribution >= 4 is 27.5 Å². The summed E-state index contributed by atoms with van der Waals surface area (Å²) >= 11 is 1.60. The predicted octanol–water partition coefficient (Wildman–Crippen LogP) is 4.58. The largest absolute Gasteiger partial charge is 0.453 e. The molecule has 0 radical (unpaired) electrons. The number of rotatable bonds is 6. The van der Waals surface area contributed by atoms with Crippen LogP contribution in [-0.4, -0.2) is 21.2 Å². The summed E-state index contributed by atoms with van der Waals surface area (Å²) in [5.41, 5.74) is 1.78. The molecule has 2 heterocycles. The highest BCUT2D eigenvalue weighted by atomic mass is 32.1. The maximum absolute atomic E-state index is 12.2. The monoisotopic (exact) mass is 379 g/mol. The molecule has 0 saturated carbocycles. The Hall–Kier alpha value is -3.06. The summed E-state index contributed by atoms with van der Waals surface area (Å²) in [6.45, 7) is 1.72. The Morgan fingerprint density at radius 2 is 1.89 bits per heavy atom. The standard InChI is InChI=1S/C20H17N3O3S/c1-13(19-22-23-20(26-19)14-7-3-2-4-8-14)25-18(24)12-11-17-21-15-9-5-6-10-16(15)27-17/h2-10,13H,11-12H2,1H3/t13-/m1/s1. The SMILES string of the molecule is C[C@@H](OC(=O)CCc1nc2ccccc2s1)c1nnc(-c2ccccc2)o1. The molecule has 0 N–H and O–H groups in total. The number of hydrogen-bond donors (Lipinski definition) is 0. The number of carbonyl (C=O) groups is 1. The van der Waals surface area contributed by atoms with E-state index in [-0.39, 0.29) is 18.3 Å². The first-order chi connectivity index (χ1) is 13.2. The van der Waals surface area contributed by atoms with E-state index in [2.05, 4.69) is 15.2 Å². The molecule has 0 aliphatic carbocycles. The van der Waals surface area contributed by atoms with Crippen LogP contribution in [0.4, 0.5) is 0 Å². The summed E-state index contributed by atoms with van der Waals surface area (Å²) < 4.78 is 12.2. The molecule has 2 aromatic carbocycles. The summed E-state index contributed by atoms with van der Waals surface area (Å²) in [6.07, 6.45) is 0.200. The Morgan fingerprint density at radius 3 is 2.70 bits per heavy atom. The van der Waals surface area contributed by atoms with Gasteiger partial charge in [-0.1, -0.05) is 30.3 Å². The Kier molecular flexibility index (Phi) is 4.93. The molecule has 136 valence electrons. The second-order valence-corrected chi connectivity index (χ2v) is 7.13. The quantitative estimate of drug-likeness (QED) is 0.456. The van der Waals surface area contributed by atoms with Crippen molar-refractivity contribution in [3.8, 4) is 11.5 Å². The van der Waals surface area contributed by atoms with Crippen molar-refractivity contribution in [2.75, 3.05) is 0 Å². The Morgan fingerprint density at radius 1 is 1.11 bits per heavy atom. The third-order valence-electron chi connectivity index (χ3n) is 4.00. The van der Waals surface area contributed by atoms with E-state index in [9.17, 15) is 4.79 Å². The molecular formula is C20H17N3O3S. The minimum atomic E-state index is -0.599. The van der Waals surface area contributed by atoms with Gasteiger partial charge < -0.3 is 9.15 Å². The van der Waals surface area contributed by atoms with Gasteiger partial charge in [-0.3, -0.25) is 4.79 Å². The highest BCUT2D eigenvalue weighted by Crippen LogP contribution is 2.24. The van der Waals surface area contributed by atoms with Crippen LogP contribution >= 0.6 is 11.3 Å². The molecular weight excluding hydrogens is 362 g/mol. The number of ether oxygens (including phenoxy) is 1. The van der Waals surface area contributed by atoms with Crippen LogP contribution in [0.25, 0.3) is 21.7 Å². The number of nitrogens with zero attached hydrogens (tertiary/aromatic N) is 3. The van der Waals surface area contributed by atoms with Crippen molar-refractivity contribution in [2.24, 2.45) is 0 Å². The van der Waals surface area contributed by atoms with Gasteiger partial charge in [0.1, 0.15) is 0 Å². The summed E-state index contributed by atoms with van der Waals surface area (Å²) in [6, 6.07) is 17.4. The van der Waals surface area contributed by atoms with Gasteiger partial charge in [-0.2, -0.15) is 0 Å². The molecule has 0 aliphatic heterocycles. The van der Waals surface area contributed by atoms with Gasteiger partial charge in [0.25, 0.3) is 5.89 Å². The fraction of sp³-hybridized carbons (Fsp3) is 0.200. The molecule has 0 fully saturated rings. The normalized spacial score (nSPS) is 12.2. The van der Waals surface area contributed by atoms with Gasteiger partial charge in [-0.15, -0.1) is 21.5 Å². The van der Waals surface area contributed by atoms with E-state index < -0.39 is 6.10 Å². The van der Waals surface area contributed by atoms with Crippen LogP contribution in [0.3, 0.4) is 0 Å². The highest BCUT2D eigenvalue weighted by Gasteiger charge is 2.19. The zero-order valence-electron chi connectivity index (χ0n) is 14.7. The summed E-state index contributed by atoms with van der Waals surface area (Å²) in [5.74, 6) is 0.367. The second kappa shape index (κ2) is 7.67. The number of hydrogen-bond acceptors (Lipinski definition) is 7. The molecule has 4 rings (SSSR count). The lowest BCUT2D eigenvalue weighted by atomic mass is 10.2. The molecule has 4 aromatic rings. The Labute approximate surface area is 159 Å². The van der Waals surface area contributed by atoms with E-state index in [1.807, 2.05) is 54.6 Å². The number of thiazole rings is 1. The third kappa shape index (κ3) is 4.03. The number of esters is 1. The third-order valence-corrected chi connectivity index (χ3v) is 5.09. The van der Waals surface area contributed by atoms with Gasteiger partial charge in [0.05, 0.1) is 21.6 Å². The smallest absolute Gasteiger partial charge is 0.306 e. The Bertz CT molecular complexity index is 1030. The summed E-state index contributed by atoms with van der Waals surface area (Å²) in [7, 11) is 0. The van der Waals surface area contributed by atoms with E-state index in [0.29, 0.717) is 12.3 Å². The topological polar surface area (TPSA) is 78.1 Å². The highest BCUT2D eigenvalue weighted by molar-refractivity contribution is 7.18. The first-order valence-electron chi connectivity index (χ1n) is 8.62. The molecule has 0 spiro atoms. The molecule has 0 aliphatic rings. The lowest BCUT2D eigenvalue weighted by molar-refractivity contribution is -0.149. The average Bonchev–Trinajstić information content (AvgIpc) is 3.34. The molecule has 27 heavy (non-hydrogen) atoms. The number of aromatic nitrogens is 3. The molecule has 0 amide bonds. The zero-order chi connectivity index (χ0) is 18.6. The van der Waals surface area contributed by atoms with Gasteiger partial charge in [0, 0.05) is 12.0 Å². The van der Waals surface area contributed by atoms with E-state index >= 15 is 0 Å². The van der Waals surface area contributed by atoms with Crippen LogP contribution in [0.2, 0.25) is 0 Å². The van der Waals surface area contributed by atoms with E-state index in [1.54, 1.807) is 18.3 Å². The van der Waals surface area contributed by atoms with Crippen LogP contribution in [0.5, 0.6) is 0 Å². The predicted molar refractivity (Wildman–Crippen MR) is 102 cm³/mol.